The highest BCUT2D eigenvalue weighted by Gasteiger charge is 2.06. The molecular weight excluding hydrogens is 216 g/mol. The lowest BCUT2D eigenvalue weighted by molar-refractivity contribution is 0.557. The van der Waals surface area contributed by atoms with Crippen molar-refractivity contribution in [3.05, 3.63) is 16.1 Å². The zero-order valence-corrected chi connectivity index (χ0v) is 11.7. The van der Waals surface area contributed by atoms with Crippen LogP contribution in [0.15, 0.2) is 5.38 Å². The summed E-state index contributed by atoms with van der Waals surface area (Å²) in [6.45, 7) is 9.93. The second-order valence-electron chi connectivity index (χ2n) is 4.83. The smallest absolute Gasteiger partial charge is 0.0928 e. The van der Waals surface area contributed by atoms with Crippen molar-refractivity contribution < 1.29 is 0 Å². The molecular formula is C13H24N2S. The largest absolute Gasteiger partial charge is 0.314 e. The number of hydrogen-bond acceptors (Lipinski definition) is 3. The highest BCUT2D eigenvalue weighted by molar-refractivity contribution is 7.09. The third-order valence-corrected chi connectivity index (χ3v) is 3.56. The zero-order valence-electron chi connectivity index (χ0n) is 10.9. The number of rotatable bonds is 7. The van der Waals surface area contributed by atoms with Crippen LogP contribution in [-0.4, -0.2) is 17.6 Å². The van der Waals surface area contributed by atoms with Crippen molar-refractivity contribution in [2.45, 2.75) is 53.0 Å². The molecule has 1 heterocycles. The maximum Gasteiger partial charge on any atom is 0.0928 e. The summed E-state index contributed by atoms with van der Waals surface area (Å²) in [5.41, 5.74) is 1.25. The Morgan fingerprint density at radius 3 is 2.75 bits per heavy atom. The summed E-state index contributed by atoms with van der Waals surface area (Å²) in [5, 5.41) is 6.93. The molecule has 0 saturated carbocycles. The van der Waals surface area contributed by atoms with Gasteiger partial charge in [-0.1, -0.05) is 20.8 Å². The number of nitrogens with one attached hydrogen (secondary N) is 1. The molecule has 0 radical (unpaired) electrons. The first-order chi connectivity index (χ1) is 7.61. The predicted octanol–water partition coefficient (Wildman–Crippen LogP) is 3.27. The lowest BCUT2D eigenvalue weighted by atomic mass is 10.1. The predicted molar refractivity (Wildman–Crippen MR) is 72.1 cm³/mol. The number of aryl methyl sites for hydroxylation is 1. The Labute approximate surface area is 103 Å². The van der Waals surface area contributed by atoms with E-state index in [2.05, 4.69) is 43.4 Å². The monoisotopic (exact) mass is 240 g/mol. The molecule has 1 unspecified atom stereocenters. The normalized spacial score (nSPS) is 13.3. The molecule has 0 saturated heterocycles. The van der Waals surface area contributed by atoms with Crippen LogP contribution >= 0.6 is 11.3 Å². The standard InChI is InChI=1S/C13H24N2S/c1-5-14-11(4)8-12-9-16-13(15-12)7-6-10(2)3/h9-11,14H,5-8H2,1-4H3. The maximum atomic E-state index is 4.68. The summed E-state index contributed by atoms with van der Waals surface area (Å²) < 4.78 is 0. The van der Waals surface area contributed by atoms with Gasteiger partial charge in [0.25, 0.3) is 0 Å². The topological polar surface area (TPSA) is 24.9 Å². The lowest BCUT2D eigenvalue weighted by Gasteiger charge is -2.09. The molecule has 0 amide bonds. The van der Waals surface area contributed by atoms with Crippen LogP contribution in [0.4, 0.5) is 0 Å². The molecule has 0 aromatic carbocycles. The van der Waals surface area contributed by atoms with Gasteiger partial charge in [0.05, 0.1) is 10.7 Å². The van der Waals surface area contributed by atoms with Gasteiger partial charge in [-0.05, 0) is 32.2 Å². The lowest BCUT2D eigenvalue weighted by Crippen LogP contribution is -2.27. The van der Waals surface area contributed by atoms with Crippen LogP contribution in [0.5, 0.6) is 0 Å². The molecule has 1 aromatic heterocycles. The third kappa shape index (κ3) is 5.08. The van der Waals surface area contributed by atoms with Crippen molar-refractivity contribution in [3.8, 4) is 0 Å². The van der Waals surface area contributed by atoms with E-state index in [9.17, 15) is 0 Å². The molecule has 0 bridgehead atoms. The van der Waals surface area contributed by atoms with Crippen LogP contribution in [0.2, 0.25) is 0 Å². The van der Waals surface area contributed by atoms with Crippen molar-refractivity contribution in [2.75, 3.05) is 6.54 Å². The number of nitrogens with zero attached hydrogens (tertiary/aromatic N) is 1. The van der Waals surface area contributed by atoms with Crippen LogP contribution in [0.3, 0.4) is 0 Å². The van der Waals surface area contributed by atoms with Crippen molar-refractivity contribution in [1.82, 2.24) is 10.3 Å². The fraction of sp³-hybridized carbons (Fsp3) is 0.769. The zero-order chi connectivity index (χ0) is 12.0. The Bertz CT molecular complexity index is 294. The molecule has 0 aliphatic rings. The van der Waals surface area contributed by atoms with Crippen LogP contribution in [-0.2, 0) is 12.8 Å². The van der Waals surface area contributed by atoms with Gasteiger partial charge in [0, 0.05) is 17.8 Å². The van der Waals surface area contributed by atoms with Crippen molar-refractivity contribution in [1.29, 1.82) is 0 Å². The minimum Gasteiger partial charge on any atom is -0.314 e. The fourth-order valence-corrected chi connectivity index (χ4v) is 2.53. The molecule has 2 nitrogen and oxygen atoms in total. The molecule has 0 aliphatic carbocycles. The SMILES string of the molecule is CCNC(C)Cc1csc(CCC(C)C)n1. The van der Waals surface area contributed by atoms with Crippen LogP contribution in [0.1, 0.15) is 44.8 Å². The number of aromatic nitrogens is 1. The molecule has 92 valence electrons. The molecule has 1 rings (SSSR count). The number of likely N-dealkylation sites (N-methyl/N-ethyl adjacent to an activating group) is 1. The van der Waals surface area contributed by atoms with E-state index in [-0.39, 0.29) is 0 Å². The van der Waals surface area contributed by atoms with E-state index >= 15 is 0 Å². The van der Waals surface area contributed by atoms with Crippen molar-refractivity contribution in [3.63, 3.8) is 0 Å². The Morgan fingerprint density at radius 1 is 1.38 bits per heavy atom. The highest BCUT2D eigenvalue weighted by atomic mass is 32.1. The van der Waals surface area contributed by atoms with Gasteiger partial charge in [0.1, 0.15) is 0 Å². The molecule has 1 aromatic rings. The molecule has 16 heavy (non-hydrogen) atoms. The Hall–Kier alpha value is -0.410. The minimum absolute atomic E-state index is 0.532. The van der Waals surface area contributed by atoms with E-state index in [0.29, 0.717) is 6.04 Å². The van der Waals surface area contributed by atoms with Crippen molar-refractivity contribution in [2.24, 2.45) is 5.92 Å². The molecule has 1 N–H and O–H groups in total. The summed E-state index contributed by atoms with van der Waals surface area (Å²) in [6, 6.07) is 0.532. The van der Waals surface area contributed by atoms with E-state index in [1.165, 1.54) is 17.1 Å². The molecule has 0 fully saturated rings. The average molecular weight is 240 g/mol. The number of hydrogen-bond donors (Lipinski definition) is 1. The van der Waals surface area contributed by atoms with E-state index in [0.717, 1.165) is 25.3 Å². The third-order valence-electron chi connectivity index (χ3n) is 2.60. The van der Waals surface area contributed by atoms with Crippen LogP contribution in [0, 0.1) is 5.92 Å². The van der Waals surface area contributed by atoms with E-state index in [1.54, 1.807) is 0 Å². The molecule has 3 heteroatoms. The Morgan fingerprint density at radius 2 is 2.12 bits per heavy atom. The molecule has 0 aliphatic heterocycles. The average Bonchev–Trinajstić information content (AvgIpc) is 2.63. The maximum absolute atomic E-state index is 4.68. The second-order valence-corrected chi connectivity index (χ2v) is 5.77. The summed E-state index contributed by atoms with van der Waals surface area (Å²) in [5.74, 6) is 0.771. The van der Waals surface area contributed by atoms with Crippen LogP contribution < -0.4 is 5.32 Å². The van der Waals surface area contributed by atoms with Gasteiger partial charge >= 0.3 is 0 Å². The van der Waals surface area contributed by atoms with E-state index in [1.807, 2.05) is 11.3 Å². The first-order valence-electron chi connectivity index (χ1n) is 6.28. The summed E-state index contributed by atoms with van der Waals surface area (Å²) in [7, 11) is 0. The summed E-state index contributed by atoms with van der Waals surface area (Å²) in [4.78, 5) is 4.68. The van der Waals surface area contributed by atoms with Crippen molar-refractivity contribution >= 4 is 11.3 Å². The summed E-state index contributed by atoms with van der Waals surface area (Å²) in [6.07, 6.45) is 3.43. The van der Waals surface area contributed by atoms with Gasteiger partial charge in [-0.25, -0.2) is 4.98 Å². The molecule has 1 atom stereocenters. The number of thiazole rings is 1. The van der Waals surface area contributed by atoms with Gasteiger partial charge in [-0.2, -0.15) is 0 Å². The van der Waals surface area contributed by atoms with Gasteiger partial charge in [0.2, 0.25) is 0 Å². The Kier molecular flexibility index (Phi) is 5.99. The van der Waals surface area contributed by atoms with E-state index in [4.69, 9.17) is 0 Å². The Balaban J connectivity index is 2.39. The highest BCUT2D eigenvalue weighted by Crippen LogP contribution is 2.15. The summed E-state index contributed by atoms with van der Waals surface area (Å²) >= 11 is 1.81. The van der Waals surface area contributed by atoms with E-state index < -0.39 is 0 Å². The molecule has 0 spiro atoms. The first kappa shape index (κ1) is 13.7. The minimum atomic E-state index is 0.532. The van der Waals surface area contributed by atoms with Gasteiger partial charge in [0.15, 0.2) is 0 Å². The first-order valence-corrected chi connectivity index (χ1v) is 7.16. The fourth-order valence-electron chi connectivity index (χ4n) is 1.70. The van der Waals surface area contributed by atoms with Gasteiger partial charge in [-0.15, -0.1) is 11.3 Å². The van der Waals surface area contributed by atoms with Crippen LogP contribution in [0.25, 0.3) is 0 Å². The second kappa shape index (κ2) is 7.02. The van der Waals surface area contributed by atoms with Gasteiger partial charge in [-0.3, -0.25) is 0 Å². The van der Waals surface area contributed by atoms with Gasteiger partial charge < -0.3 is 5.32 Å². The quantitative estimate of drug-likeness (QED) is 0.791.